The Morgan fingerprint density at radius 3 is 2.11 bits per heavy atom. The molecule has 1 aromatic rings. The van der Waals surface area contributed by atoms with Gasteiger partial charge in [0.2, 0.25) is 0 Å². The van der Waals surface area contributed by atoms with Crippen LogP contribution in [0.2, 0.25) is 0 Å². The van der Waals surface area contributed by atoms with Crippen LogP contribution in [0.5, 0.6) is 0 Å². The van der Waals surface area contributed by atoms with Crippen molar-refractivity contribution in [2.45, 2.75) is 47.1 Å². The number of rotatable bonds is 8. The van der Waals surface area contributed by atoms with Gasteiger partial charge in [-0.3, -0.25) is 0 Å². The molecule has 1 heterocycles. The molecule has 2 N–H and O–H groups in total. The quantitative estimate of drug-likeness (QED) is 0.785. The van der Waals surface area contributed by atoms with Crippen LogP contribution in [-0.2, 0) is 6.54 Å². The van der Waals surface area contributed by atoms with Gasteiger partial charge in [0.25, 0.3) is 0 Å². The van der Waals surface area contributed by atoms with E-state index in [2.05, 4.69) is 37.6 Å². The van der Waals surface area contributed by atoms with Gasteiger partial charge in [-0.05, 0) is 24.7 Å². The third kappa shape index (κ3) is 5.36. The van der Waals surface area contributed by atoms with Crippen molar-refractivity contribution in [3.05, 3.63) is 11.1 Å². The van der Waals surface area contributed by atoms with Gasteiger partial charge in [0.1, 0.15) is 0 Å². The van der Waals surface area contributed by atoms with Crippen LogP contribution in [0.15, 0.2) is 6.20 Å². The molecular weight excluding hydrogens is 242 g/mol. The van der Waals surface area contributed by atoms with Crippen molar-refractivity contribution in [2.24, 2.45) is 17.6 Å². The van der Waals surface area contributed by atoms with Crippen LogP contribution in [-0.4, -0.2) is 18.1 Å². The summed E-state index contributed by atoms with van der Waals surface area (Å²) in [5.74, 6) is 1.47. The van der Waals surface area contributed by atoms with E-state index in [1.165, 1.54) is 17.7 Å². The van der Waals surface area contributed by atoms with Gasteiger partial charge in [-0.2, -0.15) is 0 Å². The molecule has 1 aromatic heterocycles. The fourth-order valence-corrected chi connectivity index (χ4v) is 2.51. The van der Waals surface area contributed by atoms with Crippen molar-refractivity contribution in [3.8, 4) is 0 Å². The first-order valence-corrected chi connectivity index (χ1v) is 7.74. The summed E-state index contributed by atoms with van der Waals surface area (Å²) in [4.78, 5) is 8.10. The van der Waals surface area contributed by atoms with Crippen LogP contribution in [0.25, 0.3) is 0 Å². The summed E-state index contributed by atoms with van der Waals surface area (Å²) in [5, 5.41) is 1.14. The van der Waals surface area contributed by atoms with Crippen molar-refractivity contribution in [1.82, 2.24) is 4.98 Å². The maximum atomic E-state index is 5.66. The number of hydrogen-bond acceptors (Lipinski definition) is 4. The van der Waals surface area contributed by atoms with Gasteiger partial charge in [-0.15, -0.1) is 11.3 Å². The van der Waals surface area contributed by atoms with Crippen LogP contribution in [0, 0.1) is 11.8 Å². The maximum absolute atomic E-state index is 5.66. The van der Waals surface area contributed by atoms with Gasteiger partial charge in [-0.1, -0.05) is 27.7 Å². The lowest BCUT2D eigenvalue weighted by Crippen LogP contribution is -2.27. The predicted octanol–water partition coefficient (Wildman–Crippen LogP) is 3.50. The molecule has 0 aliphatic carbocycles. The third-order valence-corrected chi connectivity index (χ3v) is 4.05. The lowest BCUT2D eigenvalue weighted by molar-refractivity contribution is 0.535. The van der Waals surface area contributed by atoms with Crippen molar-refractivity contribution < 1.29 is 0 Å². The molecule has 0 fully saturated rings. The monoisotopic (exact) mass is 269 g/mol. The minimum absolute atomic E-state index is 0.597. The lowest BCUT2D eigenvalue weighted by Gasteiger charge is -2.23. The molecule has 0 radical (unpaired) electrons. The molecule has 0 aromatic carbocycles. The fraction of sp³-hybridized carbons (Fsp3) is 0.786. The first kappa shape index (κ1) is 15.4. The Labute approximate surface area is 115 Å². The van der Waals surface area contributed by atoms with Crippen molar-refractivity contribution in [3.63, 3.8) is 0 Å². The summed E-state index contributed by atoms with van der Waals surface area (Å²) in [6.07, 6.45) is 4.35. The van der Waals surface area contributed by atoms with Gasteiger partial charge in [0, 0.05) is 30.7 Å². The van der Waals surface area contributed by atoms with Crippen LogP contribution >= 0.6 is 11.3 Å². The number of nitrogens with zero attached hydrogens (tertiary/aromatic N) is 2. The molecule has 104 valence electrons. The second-order valence-electron chi connectivity index (χ2n) is 5.67. The fourth-order valence-electron chi connectivity index (χ4n) is 1.67. The SMILES string of the molecule is CC(C)CCN(CCC(C)C)c1ncc(CN)s1. The maximum Gasteiger partial charge on any atom is 0.185 e. The molecule has 4 heteroatoms. The normalized spacial score (nSPS) is 11.5. The highest BCUT2D eigenvalue weighted by Gasteiger charge is 2.12. The van der Waals surface area contributed by atoms with Crippen molar-refractivity contribution in [1.29, 1.82) is 0 Å². The van der Waals surface area contributed by atoms with Crippen LogP contribution < -0.4 is 10.6 Å². The molecule has 0 bridgehead atoms. The summed E-state index contributed by atoms with van der Waals surface area (Å²) in [5.41, 5.74) is 5.66. The van der Waals surface area contributed by atoms with E-state index in [0.717, 1.165) is 30.1 Å². The Morgan fingerprint density at radius 2 is 1.72 bits per heavy atom. The predicted molar refractivity (Wildman–Crippen MR) is 81.1 cm³/mol. The standard InChI is InChI=1S/C14H27N3S/c1-11(2)5-7-17(8-6-12(3)4)14-16-10-13(9-15)18-14/h10-12H,5-9,15H2,1-4H3. The molecule has 18 heavy (non-hydrogen) atoms. The van der Waals surface area contributed by atoms with E-state index in [-0.39, 0.29) is 0 Å². The molecule has 3 nitrogen and oxygen atoms in total. The summed E-state index contributed by atoms with van der Waals surface area (Å²) in [7, 11) is 0. The largest absolute Gasteiger partial charge is 0.348 e. The Balaban J connectivity index is 2.62. The molecule has 0 aliphatic rings. The molecule has 0 aliphatic heterocycles. The van der Waals surface area contributed by atoms with E-state index in [1.54, 1.807) is 11.3 Å². The second-order valence-corrected chi connectivity index (χ2v) is 6.76. The summed E-state index contributed by atoms with van der Waals surface area (Å²) in [6.45, 7) is 11.9. The summed E-state index contributed by atoms with van der Waals surface area (Å²) in [6, 6.07) is 0. The molecule has 1 rings (SSSR count). The van der Waals surface area contributed by atoms with Crippen molar-refractivity contribution in [2.75, 3.05) is 18.0 Å². The zero-order valence-electron chi connectivity index (χ0n) is 12.1. The third-order valence-electron chi connectivity index (χ3n) is 2.97. The van der Waals surface area contributed by atoms with Gasteiger partial charge >= 0.3 is 0 Å². The number of aromatic nitrogens is 1. The van der Waals surface area contributed by atoms with Crippen molar-refractivity contribution >= 4 is 16.5 Å². The Bertz CT molecular complexity index is 322. The smallest absolute Gasteiger partial charge is 0.185 e. The highest BCUT2D eigenvalue weighted by molar-refractivity contribution is 7.15. The zero-order chi connectivity index (χ0) is 13.5. The second kappa shape index (κ2) is 7.74. The van der Waals surface area contributed by atoms with E-state index in [9.17, 15) is 0 Å². The van der Waals surface area contributed by atoms with E-state index >= 15 is 0 Å². The molecular formula is C14H27N3S. The zero-order valence-corrected chi connectivity index (χ0v) is 13.0. The number of thiazole rings is 1. The minimum Gasteiger partial charge on any atom is -0.348 e. The average Bonchev–Trinajstić information content (AvgIpc) is 2.77. The molecule has 0 unspecified atom stereocenters. The van der Waals surface area contributed by atoms with Crippen LogP contribution in [0.3, 0.4) is 0 Å². The van der Waals surface area contributed by atoms with Gasteiger partial charge in [0.05, 0.1) is 0 Å². The highest BCUT2D eigenvalue weighted by atomic mass is 32.1. The summed E-state index contributed by atoms with van der Waals surface area (Å²) < 4.78 is 0. The molecule has 0 spiro atoms. The Hall–Kier alpha value is -0.610. The number of nitrogens with two attached hydrogens (primary N) is 1. The van der Waals surface area contributed by atoms with E-state index in [0.29, 0.717) is 6.54 Å². The van der Waals surface area contributed by atoms with Crippen LogP contribution in [0.4, 0.5) is 5.13 Å². The first-order chi connectivity index (χ1) is 8.52. The van der Waals surface area contributed by atoms with Crippen LogP contribution in [0.1, 0.15) is 45.4 Å². The lowest BCUT2D eigenvalue weighted by atomic mass is 10.1. The number of hydrogen-bond donors (Lipinski definition) is 1. The average molecular weight is 269 g/mol. The van der Waals surface area contributed by atoms with Gasteiger partial charge in [-0.25, -0.2) is 4.98 Å². The molecule has 0 amide bonds. The van der Waals surface area contributed by atoms with E-state index in [4.69, 9.17) is 5.73 Å². The molecule has 0 saturated carbocycles. The Kier molecular flexibility index (Phi) is 6.65. The minimum atomic E-state index is 0.597. The van der Waals surface area contributed by atoms with Gasteiger partial charge in [0.15, 0.2) is 5.13 Å². The summed E-state index contributed by atoms with van der Waals surface area (Å²) >= 11 is 1.73. The molecule has 0 atom stereocenters. The molecule has 0 saturated heterocycles. The highest BCUT2D eigenvalue weighted by Crippen LogP contribution is 2.23. The topological polar surface area (TPSA) is 42.2 Å². The van der Waals surface area contributed by atoms with Gasteiger partial charge < -0.3 is 10.6 Å². The van der Waals surface area contributed by atoms with E-state index < -0.39 is 0 Å². The first-order valence-electron chi connectivity index (χ1n) is 6.92. The van der Waals surface area contributed by atoms with E-state index in [1.807, 2.05) is 6.20 Å². The number of anilines is 1. The Morgan fingerprint density at radius 1 is 1.17 bits per heavy atom.